The van der Waals surface area contributed by atoms with Crippen molar-refractivity contribution < 1.29 is 21.6 Å². The third kappa shape index (κ3) is 4.24. The molecule has 2 aromatic rings. The molecule has 1 aromatic carbocycles. The SMILES string of the molecule is CN(C)c1ncccc1CNS(=O)(=O)c1ccc(C(F)(F)F)cc1. The van der Waals surface area contributed by atoms with Gasteiger partial charge in [0.15, 0.2) is 0 Å². The fourth-order valence-electron chi connectivity index (χ4n) is 2.05. The summed E-state index contributed by atoms with van der Waals surface area (Å²) in [4.78, 5) is 5.66. The van der Waals surface area contributed by atoms with E-state index in [2.05, 4.69) is 9.71 Å². The number of hydrogen-bond acceptors (Lipinski definition) is 4. The number of anilines is 1. The Bertz CT molecular complexity index is 803. The Hall–Kier alpha value is -2.13. The standard InChI is InChI=1S/C15H16F3N3O2S/c1-21(2)14-11(4-3-9-19-14)10-20-24(22,23)13-7-5-12(6-8-13)15(16,17)18/h3-9,20H,10H2,1-2H3. The van der Waals surface area contributed by atoms with Gasteiger partial charge in [0.2, 0.25) is 10.0 Å². The number of nitrogens with zero attached hydrogens (tertiary/aromatic N) is 2. The molecule has 0 unspecified atom stereocenters. The molecule has 0 radical (unpaired) electrons. The van der Waals surface area contributed by atoms with Gasteiger partial charge in [0.25, 0.3) is 0 Å². The third-order valence-electron chi connectivity index (χ3n) is 3.24. The Morgan fingerprint density at radius 2 is 1.75 bits per heavy atom. The van der Waals surface area contributed by atoms with Crippen LogP contribution in [0.2, 0.25) is 0 Å². The van der Waals surface area contributed by atoms with Crippen molar-refractivity contribution in [2.24, 2.45) is 0 Å². The zero-order chi connectivity index (χ0) is 18.0. The normalized spacial score (nSPS) is 12.2. The maximum absolute atomic E-state index is 12.5. The second-order valence-corrected chi connectivity index (χ2v) is 6.99. The van der Waals surface area contributed by atoms with Gasteiger partial charge in [-0.1, -0.05) is 6.07 Å². The molecular formula is C15H16F3N3O2S. The minimum Gasteiger partial charge on any atom is -0.362 e. The van der Waals surface area contributed by atoms with E-state index in [0.29, 0.717) is 11.4 Å². The average Bonchev–Trinajstić information content (AvgIpc) is 2.52. The van der Waals surface area contributed by atoms with E-state index >= 15 is 0 Å². The molecular weight excluding hydrogens is 343 g/mol. The van der Waals surface area contributed by atoms with E-state index in [4.69, 9.17) is 0 Å². The zero-order valence-corrected chi connectivity index (χ0v) is 13.8. The average molecular weight is 359 g/mol. The molecule has 0 atom stereocenters. The molecule has 24 heavy (non-hydrogen) atoms. The molecule has 5 nitrogen and oxygen atoms in total. The number of halogens is 3. The van der Waals surface area contributed by atoms with Crippen LogP contribution in [0.3, 0.4) is 0 Å². The molecule has 0 amide bonds. The van der Waals surface area contributed by atoms with Crippen molar-refractivity contribution in [2.45, 2.75) is 17.6 Å². The number of rotatable bonds is 5. The summed E-state index contributed by atoms with van der Waals surface area (Å²) in [6, 6.07) is 6.74. The molecule has 0 fully saturated rings. The van der Waals surface area contributed by atoms with Crippen LogP contribution < -0.4 is 9.62 Å². The smallest absolute Gasteiger partial charge is 0.362 e. The van der Waals surface area contributed by atoms with E-state index in [1.165, 1.54) is 0 Å². The van der Waals surface area contributed by atoms with Gasteiger partial charge in [-0.05, 0) is 30.3 Å². The van der Waals surface area contributed by atoms with Crippen molar-refractivity contribution >= 4 is 15.8 Å². The van der Waals surface area contributed by atoms with Crippen LogP contribution in [-0.2, 0) is 22.7 Å². The van der Waals surface area contributed by atoms with E-state index in [9.17, 15) is 21.6 Å². The Morgan fingerprint density at radius 3 is 2.29 bits per heavy atom. The highest BCUT2D eigenvalue weighted by molar-refractivity contribution is 7.89. The number of pyridine rings is 1. The van der Waals surface area contributed by atoms with Crippen molar-refractivity contribution in [3.63, 3.8) is 0 Å². The maximum Gasteiger partial charge on any atom is 0.416 e. The van der Waals surface area contributed by atoms with Gasteiger partial charge in [-0.2, -0.15) is 13.2 Å². The molecule has 0 saturated carbocycles. The van der Waals surface area contributed by atoms with Crippen molar-refractivity contribution in [3.8, 4) is 0 Å². The molecule has 1 aromatic heterocycles. The first-order valence-electron chi connectivity index (χ1n) is 6.89. The van der Waals surface area contributed by atoms with Crippen LogP contribution in [-0.4, -0.2) is 27.5 Å². The number of benzene rings is 1. The molecule has 2 rings (SSSR count). The highest BCUT2D eigenvalue weighted by atomic mass is 32.2. The predicted molar refractivity (Wildman–Crippen MR) is 84.0 cm³/mol. The van der Waals surface area contributed by atoms with Crippen molar-refractivity contribution in [3.05, 3.63) is 53.7 Å². The van der Waals surface area contributed by atoms with Crippen LogP contribution in [0.25, 0.3) is 0 Å². The monoisotopic (exact) mass is 359 g/mol. The lowest BCUT2D eigenvalue weighted by atomic mass is 10.2. The summed E-state index contributed by atoms with van der Waals surface area (Å²) < 4.78 is 64.4. The summed E-state index contributed by atoms with van der Waals surface area (Å²) in [5, 5.41) is 0. The van der Waals surface area contributed by atoms with E-state index in [0.717, 1.165) is 24.3 Å². The number of nitrogens with one attached hydrogen (secondary N) is 1. The van der Waals surface area contributed by atoms with Crippen molar-refractivity contribution in [1.29, 1.82) is 0 Å². The topological polar surface area (TPSA) is 62.3 Å². The summed E-state index contributed by atoms with van der Waals surface area (Å²) in [7, 11) is -0.379. The second kappa shape index (κ2) is 6.78. The van der Waals surface area contributed by atoms with Gasteiger partial charge in [0.05, 0.1) is 10.5 Å². The first-order chi connectivity index (χ1) is 11.1. The summed E-state index contributed by atoms with van der Waals surface area (Å²) >= 11 is 0. The lowest BCUT2D eigenvalue weighted by Gasteiger charge is -2.16. The van der Waals surface area contributed by atoms with Crippen LogP contribution in [0.1, 0.15) is 11.1 Å². The second-order valence-electron chi connectivity index (χ2n) is 5.23. The molecule has 1 heterocycles. The summed E-state index contributed by atoms with van der Waals surface area (Å²) in [6.07, 6.45) is -2.92. The van der Waals surface area contributed by atoms with Gasteiger partial charge < -0.3 is 4.90 Å². The third-order valence-corrected chi connectivity index (χ3v) is 4.65. The number of sulfonamides is 1. The van der Waals surface area contributed by atoms with Crippen molar-refractivity contribution in [2.75, 3.05) is 19.0 Å². The lowest BCUT2D eigenvalue weighted by Crippen LogP contribution is -2.25. The van der Waals surface area contributed by atoms with Crippen LogP contribution in [0.5, 0.6) is 0 Å². The minimum absolute atomic E-state index is 0.0231. The fourth-order valence-corrected chi connectivity index (χ4v) is 3.06. The van der Waals surface area contributed by atoms with Crippen molar-refractivity contribution in [1.82, 2.24) is 9.71 Å². The lowest BCUT2D eigenvalue weighted by molar-refractivity contribution is -0.137. The van der Waals surface area contributed by atoms with E-state index in [1.54, 1.807) is 37.3 Å². The minimum atomic E-state index is -4.51. The molecule has 0 spiro atoms. The van der Waals surface area contributed by atoms with Gasteiger partial charge in [0, 0.05) is 32.4 Å². The number of alkyl halides is 3. The van der Waals surface area contributed by atoms with E-state index < -0.39 is 21.8 Å². The first kappa shape index (κ1) is 18.2. The largest absolute Gasteiger partial charge is 0.416 e. The fraction of sp³-hybridized carbons (Fsp3) is 0.267. The highest BCUT2D eigenvalue weighted by Crippen LogP contribution is 2.29. The van der Waals surface area contributed by atoms with E-state index in [-0.39, 0.29) is 11.4 Å². The van der Waals surface area contributed by atoms with Crippen LogP contribution >= 0.6 is 0 Å². The molecule has 1 N–H and O–H groups in total. The highest BCUT2D eigenvalue weighted by Gasteiger charge is 2.30. The van der Waals surface area contributed by atoms with E-state index in [1.807, 2.05) is 0 Å². The van der Waals surface area contributed by atoms with Gasteiger partial charge in [-0.15, -0.1) is 0 Å². The van der Waals surface area contributed by atoms with Gasteiger partial charge >= 0.3 is 6.18 Å². The van der Waals surface area contributed by atoms with Gasteiger partial charge in [0.1, 0.15) is 5.82 Å². The molecule has 130 valence electrons. The Kier molecular flexibility index (Phi) is 5.14. The number of aromatic nitrogens is 1. The zero-order valence-electron chi connectivity index (χ0n) is 13.0. The molecule has 0 aliphatic carbocycles. The molecule has 0 aliphatic rings. The number of hydrogen-bond donors (Lipinski definition) is 1. The first-order valence-corrected chi connectivity index (χ1v) is 8.38. The predicted octanol–water partition coefficient (Wildman–Crippen LogP) is 2.64. The quantitative estimate of drug-likeness (QED) is 0.892. The molecule has 0 saturated heterocycles. The van der Waals surface area contributed by atoms with Crippen LogP contribution in [0.4, 0.5) is 19.0 Å². The van der Waals surface area contributed by atoms with Crippen LogP contribution in [0.15, 0.2) is 47.5 Å². The Morgan fingerprint density at radius 1 is 1.12 bits per heavy atom. The Balaban J connectivity index is 2.18. The molecule has 0 bridgehead atoms. The summed E-state index contributed by atoms with van der Waals surface area (Å²) in [5.41, 5.74) is -0.249. The van der Waals surface area contributed by atoms with Crippen LogP contribution in [0, 0.1) is 0 Å². The van der Waals surface area contributed by atoms with Gasteiger partial charge in [-0.3, -0.25) is 0 Å². The maximum atomic E-state index is 12.5. The Labute approximate surface area is 138 Å². The van der Waals surface area contributed by atoms with Gasteiger partial charge in [-0.25, -0.2) is 18.1 Å². The molecule has 9 heteroatoms. The summed E-state index contributed by atoms with van der Waals surface area (Å²) in [6.45, 7) is -0.0231. The summed E-state index contributed by atoms with van der Waals surface area (Å²) in [5.74, 6) is 0.604. The molecule has 0 aliphatic heterocycles.